The number of benzene rings is 2. The fraction of sp³-hybridized carbons (Fsp3) is 0.0526. The lowest BCUT2D eigenvalue weighted by molar-refractivity contribution is 0.0697. The van der Waals surface area contributed by atoms with Gasteiger partial charge in [0.25, 0.3) is 0 Å². The van der Waals surface area contributed by atoms with Gasteiger partial charge in [0.1, 0.15) is 5.82 Å². The first-order valence-electron chi connectivity index (χ1n) is 7.05. The highest BCUT2D eigenvalue weighted by Gasteiger charge is 2.05. The van der Waals surface area contributed by atoms with Crippen LogP contribution in [-0.4, -0.2) is 16.1 Å². The lowest BCUT2D eigenvalue weighted by atomic mass is 10.0. The van der Waals surface area contributed by atoms with Crippen molar-refractivity contribution in [2.75, 3.05) is 5.73 Å². The summed E-state index contributed by atoms with van der Waals surface area (Å²) in [5.41, 5.74) is 8.74. The number of aromatic nitrogens is 1. The van der Waals surface area contributed by atoms with Gasteiger partial charge in [-0.3, -0.25) is 0 Å². The number of fused-ring (bicyclic) bond motifs is 1. The number of hydrogen-bond donors (Lipinski definition) is 2. The van der Waals surface area contributed by atoms with Crippen LogP contribution >= 0.6 is 0 Å². The van der Waals surface area contributed by atoms with Crippen LogP contribution in [-0.2, 0) is 0 Å². The fourth-order valence-electron chi connectivity index (χ4n) is 2.30. The van der Waals surface area contributed by atoms with E-state index in [1.807, 2.05) is 25.1 Å². The first kappa shape index (κ1) is 14.6. The first-order valence-corrected chi connectivity index (χ1v) is 7.05. The van der Waals surface area contributed by atoms with E-state index in [9.17, 15) is 4.79 Å². The van der Waals surface area contributed by atoms with E-state index in [0.29, 0.717) is 11.4 Å². The zero-order valence-corrected chi connectivity index (χ0v) is 12.5. The van der Waals surface area contributed by atoms with Crippen molar-refractivity contribution in [2.24, 2.45) is 0 Å². The zero-order chi connectivity index (χ0) is 16.4. The van der Waals surface area contributed by atoms with Gasteiger partial charge in [-0.25, -0.2) is 9.78 Å². The first-order chi connectivity index (χ1) is 11.0. The van der Waals surface area contributed by atoms with Gasteiger partial charge < -0.3 is 10.8 Å². The monoisotopic (exact) mass is 302 g/mol. The molecule has 0 spiro atoms. The molecule has 1 aromatic heterocycles. The summed E-state index contributed by atoms with van der Waals surface area (Å²) in [7, 11) is 0. The Morgan fingerprint density at radius 1 is 1.13 bits per heavy atom. The number of carboxylic acid groups (broad SMARTS) is 1. The largest absolute Gasteiger partial charge is 0.478 e. The molecule has 0 aliphatic rings. The second-order valence-corrected chi connectivity index (χ2v) is 5.24. The van der Waals surface area contributed by atoms with Crippen molar-refractivity contribution in [3.8, 4) is 11.8 Å². The van der Waals surface area contributed by atoms with Crippen LogP contribution in [0.25, 0.3) is 10.8 Å². The van der Waals surface area contributed by atoms with Gasteiger partial charge in [0.05, 0.1) is 11.1 Å². The Bertz CT molecular complexity index is 959. The molecule has 1 heterocycles. The fourth-order valence-corrected chi connectivity index (χ4v) is 2.30. The van der Waals surface area contributed by atoms with Gasteiger partial charge in [0.15, 0.2) is 0 Å². The van der Waals surface area contributed by atoms with Crippen molar-refractivity contribution in [3.05, 3.63) is 70.9 Å². The van der Waals surface area contributed by atoms with E-state index in [0.717, 1.165) is 21.9 Å². The number of nitrogens with zero attached hydrogens (tertiary/aromatic N) is 1. The van der Waals surface area contributed by atoms with Crippen molar-refractivity contribution < 1.29 is 9.90 Å². The number of rotatable bonds is 1. The molecule has 0 unspecified atom stereocenters. The Morgan fingerprint density at radius 2 is 1.87 bits per heavy atom. The zero-order valence-electron chi connectivity index (χ0n) is 12.5. The molecule has 112 valence electrons. The molecular weight excluding hydrogens is 288 g/mol. The van der Waals surface area contributed by atoms with E-state index in [1.165, 1.54) is 12.1 Å². The van der Waals surface area contributed by atoms with Crippen molar-refractivity contribution in [2.45, 2.75) is 6.92 Å². The number of nitrogen functional groups attached to an aromatic ring is 1. The predicted molar refractivity (Wildman–Crippen MR) is 90.3 cm³/mol. The molecule has 0 bridgehead atoms. The van der Waals surface area contributed by atoms with Crippen LogP contribution in [0, 0.1) is 18.8 Å². The second kappa shape index (κ2) is 5.82. The van der Waals surface area contributed by atoms with Gasteiger partial charge in [-0.05, 0) is 37.3 Å². The summed E-state index contributed by atoms with van der Waals surface area (Å²) in [6.45, 7) is 2.01. The van der Waals surface area contributed by atoms with Crippen LogP contribution in [0.3, 0.4) is 0 Å². The predicted octanol–water partition coefficient (Wildman–Crippen LogP) is 3.22. The van der Waals surface area contributed by atoms with Crippen molar-refractivity contribution in [1.82, 2.24) is 4.98 Å². The maximum Gasteiger partial charge on any atom is 0.335 e. The van der Waals surface area contributed by atoms with Gasteiger partial charge in [-0.2, -0.15) is 0 Å². The summed E-state index contributed by atoms with van der Waals surface area (Å²) in [6, 6.07) is 12.5. The minimum Gasteiger partial charge on any atom is -0.478 e. The molecule has 0 atom stereocenters. The Hall–Kier alpha value is -3.32. The normalized spacial score (nSPS) is 10.1. The molecule has 2 aromatic carbocycles. The third kappa shape index (κ3) is 2.99. The number of carbonyl (C=O) groups is 1. The van der Waals surface area contributed by atoms with Crippen LogP contribution in [0.4, 0.5) is 5.82 Å². The third-order valence-electron chi connectivity index (χ3n) is 3.54. The van der Waals surface area contributed by atoms with Crippen LogP contribution < -0.4 is 5.73 Å². The molecule has 0 saturated carbocycles. The lowest BCUT2D eigenvalue weighted by Gasteiger charge is -2.04. The lowest BCUT2D eigenvalue weighted by Crippen LogP contribution is -1.96. The topological polar surface area (TPSA) is 76.2 Å². The van der Waals surface area contributed by atoms with E-state index in [4.69, 9.17) is 10.8 Å². The highest BCUT2D eigenvalue weighted by molar-refractivity contribution is 5.91. The van der Waals surface area contributed by atoms with Crippen molar-refractivity contribution in [1.29, 1.82) is 0 Å². The Labute approximate surface area is 133 Å². The van der Waals surface area contributed by atoms with E-state index in [2.05, 4.69) is 16.8 Å². The number of carboxylic acids is 1. The van der Waals surface area contributed by atoms with Crippen LogP contribution in [0.2, 0.25) is 0 Å². The SMILES string of the molecule is Cc1ccc2cnc(N)c(C#Cc3ccc(C(=O)O)cc3)c2c1. The molecule has 4 heteroatoms. The number of aromatic carboxylic acids is 1. The van der Waals surface area contributed by atoms with E-state index in [1.54, 1.807) is 18.3 Å². The Morgan fingerprint density at radius 3 is 2.57 bits per heavy atom. The number of anilines is 1. The van der Waals surface area contributed by atoms with Crippen LogP contribution in [0.1, 0.15) is 27.0 Å². The van der Waals surface area contributed by atoms with Crippen LogP contribution in [0.15, 0.2) is 48.7 Å². The molecule has 0 aliphatic carbocycles. The summed E-state index contributed by atoms with van der Waals surface area (Å²) >= 11 is 0. The number of aryl methyl sites for hydroxylation is 1. The summed E-state index contributed by atoms with van der Waals surface area (Å²) < 4.78 is 0. The Balaban J connectivity index is 2.06. The molecule has 23 heavy (non-hydrogen) atoms. The molecule has 0 amide bonds. The number of hydrogen-bond acceptors (Lipinski definition) is 3. The highest BCUT2D eigenvalue weighted by atomic mass is 16.4. The summed E-state index contributed by atoms with van der Waals surface area (Å²) in [5.74, 6) is 5.51. The van der Waals surface area contributed by atoms with Gasteiger partial charge >= 0.3 is 5.97 Å². The molecule has 3 aromatic rings. The number of nitrogens with two attached hydrogens (primary N) is 1. The minimum absolute atomic E-state index is 0.234. The third-order valence-corrected chi connectivity index (χ3v) is 3.54. The van der Waals surface area contributed by atoms with Crippen molar-refractivity contribution >= 4 is 22.6 Å². The second-order valence-electron chi connectivity index (χ2n) is 5.24. The van der Waals surface area contributed by atoms with Crippen LogP contribution in [0.5, 0.6) is 0 Å². The van der Waals surface area contributed by atoms with Gasteiger partial charge in [-0.1, -0.05) is 29.5 Å². The van der Waals surface area contributed by atoms with E-state index in [-0.39, 0.29) is 5.56 Å². The molecular formula is C19H14N2O2. The van der Waals surface area contributed by atoms with E-state index >= 15 is 0 Å². The Kier molecular flexibility index (Phi) is 3.70. The molecule has 0 saturated heterocycles. The van der Waals surface area contributed by atoms with Gasteiger partial charge in [0.2, 0.25) is 0 Å². The highest BCUT2D eigenvalue weighted by Crippen LogP contribution is 2.22. The average molecular weight is 302 g/mol. The maximum absolute atomic E-state index is 10.9. The van der Waals surface area contributed by atoms with Gasteiger partial charge in [0, 0.05) is 22.5 Å². The summed E-state index contributed by atoms with van der Waals surface area (Å²) in [5, 5.41) is 10.9. The smallest absolute Gasteiger partial charge is 0.335 e. The van der Waals surface area contributed by atoms with Gasteiger partial charge in [-0.15, -0.1) is 0 Å². The van der Waals surface area contributed by atoms with Crippen molar-refractivity contribution in [3.63, 3.8) is 0 Å². The minimum atomic E-state index is -0.956. The van der Waals surface area contributed by atoms with E-state index < -0.39 is 5.97 Å². The standard InChI is InChI=1S/C19H14N2O2/c1-12-2-6-15-11-21-18(20)16(17(15)10-12)9-5-13-3-7-14(8-4-13)19(22)23/h2-4,6-8,10-11H,1H3,(H2,20,21)(H,22,23). The molecule has 4 nitrogen and oxygen atoms in total. The summed E-state index contributed by atoms with van der Waals surface area (Å²) in [6.07, 6.45) is 1.73. The number of pyridine rings is 1. The quantitative estimate of drug-likeness (QED) is 0.677. The molecule has 3 rings (SSSR count). The molecule has 0 aliphatic heterocycles. The maximum atomic E-state index is 10.9. The molecule has 3 N–H and O–H groups in total. The molecule has 0 radical (unpaired) electrons. The summed E-state index contributed by atoms with van der Waals surface area (Å²) in [4.78, 5) is 15.0. The average Bonchev–Trinajstić information content (AvgIpc) is 2.54. The molecule has 0 fully saturated rings.